The number of nitrogens with two attached hydrogens (primary N) is 1. The first-order valence-electron chi connectivity index (χ1n) is 6.92. The first kappa shape index (κ1) is 12.2. The fraction of sp³-hybridized carbons (Fsp3) is 0.600. The number of piperidine rings is 1. The molecule has 2 bridgehead atoms. The molecule has 0 amide bonds. The van der Waals surface area contributed by atoms with Crippen molar-refractivity contribution in [3.05, 3.63) is 35.9 Å². The Hall–Kier alpha value is -0.900. The van der Waals surface area contributed by atoms with E-state index in [1.807, 2.05) is 0 Å². The average molecular weight is 246 g/mol. The van der Waals surface area contributed by atoms with Gasteiger partial charge in [-0.3, -0.25) is 4.90 Å². The Morgan fingerprint density at radius 2 is 1.78 bits per heavy atom. The van der Waals surface area contributed by atoms with E-state index in [-0.39, 0.29) is 0 Å². The van der Waals surface area contributed by atoms with Gasteiger partial charge in [-0.05, 0) is 31.2 Å². The highest BCUT2D eigenvalue weighted by molar-refractivity contribution is 5.16. The molecule has 3 nitrogen and oxygen atoms in total. The molecule has 98 valence electrons. The van der Waals surface area contributed by atoms with Crippen LogP contribution in [-0.2, 0) is 6.54 Å². The predicted octanol–water partition coefficient (Wildman–Crippen LogP) is 1.50. The van der Waals surface area contributed by atoms with Crippen LogP contribution < -0.4 is 5.73 Å². The minimum atomic E-state index is -0.612. The number of fused-ring (bicyclic) bond motifs is 2. The highest BCUT2D eigenvalue weighted by Gasteiger charge is 2.46. The number of nitrogens with zero attached hydrogens (tertiary/aromatic N) is 1. The lowest BCUT2D eigenvalue weighted by Gasteiger charge is -2.43. The van der Waals surface area contributed by atoms with Gasteiger partial charge in [0.2, 0.25) is 0 Å². The van der Waals surface area contributed by atoms with Gasteiger partial charge in [-0.2, -0.15) is 0 Å². The lowest BCUT2D eigenvalue weighted by molar-refractivity contribution is -0.0478. The molecular weight excluding hydrogens is 224 g/mol. The topological polar surface area (TPSA) is 49.5 Å². The Morgan fingerprint density at radius 3 is 2.33 bits per heavy atom. The molecule has 1 aromatic carbocycles. The normalized spacial score (nSPS) is 35.9. The van der Waals surface area contributed by atoms with Crippen LogP contribution >= 0.6 is 0 Å². The predicted molar refractivity (Wildman–Crippen MR) is 72.0 cm³/mol. The monoisotopic (exact) mass is 246 g/mol. The Balaban J connectivity index is 1.73. The van der Waals surface area contributed by atoms with Gasteiger partial charge in [0, 0.05) is 25.2 Å². The fourth-order valence-electron chi connectivity index (χ4n) is 3.63. The van der Waals surface area contributed by atoms with Gasteiger partial charge in [0.05, 0.1) is 5.60 Å². The SMILES string of the molecule is NCC1(O)C[C@H]2CC[C@@H](C1)N2Cc1ccccc1. The van der Waals surface area contributed by atoms with Gasteiger partial charge in [-0.25, -0.2) is 0 Å². The van der Waals surface area contributed by atoms with E-state index in [1.54, 1.807) is 0 Å². The van der Waals surface area contributed by atoms with E-state index in [1.165, 1.54) is 18.4 Å². The summed E-state index contributed by atoms with van der Waals surface area (Å²) in [5.41, 5.74) is 6.48. The van der Waals surface area contributed by atoms with E-state index in [0.717, 1.165) is 19.4 Å². The zero-order valence-corrected chi connectivity index (χ0v) is 10.8. The summed E-state index contributed by atoms with van der Waals surface area (Å²) in [4.78, 5) is 2.57. The Morgan fingerprint density at radius 1 is 1.17 bits per heavy atom. The van der Waals surface area contributed by atoms with Crippen LogP contribution in [0.25, 0.3) is 0 Å². The first-order chi connectivity index (χ1) is 8.70. The third-order valence-corrected chi connectivity index (χ3v) is 4.59. The second-order valence-electron chi connectivity index (χ2n) is 5.88. The first-order valence-corrected chi connectivity index (χ1v) is 6.92. The Bertz CT molecular complexity index is 392. The summed E-state index contributed by atoms with van der Waals surface area (Å²) < 4.78 is 0. The van der Waals surface area contributed by atoms with E-state index in [0.29, 0.717) is 18.6 Å². The van der Waals surface area contributed by atoms with Crippen molar-refractivity contribution in [3.63, 3.8) is 0 Å². The molecule has 1 aromatic rings. The summed E-state index contributed by atoms with van der Waals surface area (Å²) in [6.07, 6.45) is 4.10. The molecule has 1 unspecified atom stereocenters. The molecule has 3 N–H and O–H groups in total. The molecule has 0 aromatic heterocycles. The van der Waals surface area contributed by atoms with E-state index < -0.39 is 5.60 Å². The van der Waals surface area contributed by atoms with Crippen LogP contribution in [0.15, 0.2) is 30.3 Å². The maximum atomic E-state index is 10.4. The van der Waals surface area contributed by atoms with Crippen LogP contribution in [0.1, 0.15) is 31.2 Å². The van der Waals surface area contributed by atoms with Crippen molar-refractivity contribution in [2.75, 3.05) is 6.54 Å². The van der Waals surface area contributed by atoms with Crippen molar-refractivity contribution in [2.24, 2.45) is 5.73 Å². The minimum Gasteiger partial charge on any atom is -0.388 e. The molecule has 3 rings (SSSR count). The summed E-state index contributed by atoms with van der Waals surface area (Å²) in [5, 5.41) is 10.4. The van der Waals surface area contributed by atoms with Gasteiger partial charge in [-0.1, -0.05) is 30.3 Å². The molecule has 18 heavy (non-hydrogen) atoms. The van der Waals surface area contributed by atoms with Crippen LogP contribution in [0.4, 0.5) is 0 Å². The summed E-state index contributed by atoms with van der Waals surface area (Å²) in [6, 6.07) is 11.6. The Kier molecular flexibility index (Phi) is 3.14. The van der Waals surface area contributed by atoms with Gasteiger partial charge in [0.15, 0.2) is 0 Å². The summed E-state index contributed by atoms with van der Waals surface area (Å²) in [6.45, 7) is 1.41. The van der Waals surface area contributed by atoms with Crippen molar-refractivity contribution in [2.45, 2.75) is 49.9 Å². The third kappa shape index (κ3) is 2.18. The Labute approximate surface area is 109 Å². The molecule has 2 saturated heterocycles. The van der Waals surface area contributed by atoms with Gasteiger partial charge in [0.25, 0.3) is 0 Å². The van der Waals surface area contributed by atoms with Crippen molar-refractivity contribution < 1.29 is 5.11 Å². The number of hydrogen-bond acceptors (Lipinski definition) is 3. The maximum absolute atomic E-state index is 10.4. The second-order valence-corrected chi connectivity index (χ2v) is 5.88. The quantitative estimate of drug-likeness (QED) is 0.850. The van der Waals surface area contributed by atoms with Crippen LogP contribution in [0, 0.1) is 0 Å². The molecule has 2 heterocycles. The minimum absolute atomic E-state index is 0.402. The van der Waals surface area contributed by atoms with Crippen LogP contribution in [0.2, 0.25) is 0 Å². The van der Waals surface area contributed by atoms with Crippen LogP contribution in [0.3, 0.4) is 0 Å². The zero-order valence-electron chi connectivity index (χ0n) is 10.8. The number of benzene rings is 1. The van der Waals surface area contributed by atoms with Crippen molar-refractivity contribution >= 4 is 0 Å². The average Bonchev–Trinajstić information content (AvgIpc) is 2.64. The smallest absolute Gasteiger partial charge is 0.0799 e. The van der Waals surface area contributed by atoms with E-state index in [2.05, 4.69) is 35.2 Å². The van der Waals surface area contributed by atoms with Crippen LogP contribution in [-0.4, -0.2) is 34.2 Å². The third-order valence-electron chi connectivity index (χ3n) is 4.59. The van der Waals surface area contributed by atoms with Crippen LogP contribution in [0.5, 0.6) is 0 Å². The van der Waals surface area contributed by atoms with Gasteiger partial charge < -0.3 is 10.8 Å². The molecule has 2 aliphatic rings. The van der Waals surface area contributed by atoms with Crippen molar-refractivity contribution in [1.82, 2.24) is 4.90 Å². The second kappa shape index (κ2) is 4.65. The van der Waals surface area contributed by atoms with E-state index >= 15 is 0 Å². The number of rotatable bonds is 3. The molecule has 0 spiro atoms. The molecule has 0 radical (unpaired) electrons. The number of hydrogen-bond donors (Lipinski definition) is 2. The van der Waals surface area contributed by atoms with E-state index in [4.69, 9.17) is 5.73 Å². The van der Waals surface area contributed by atoms with Gasteiger partial charge in [0.1, 0.15) is 0 Å². The lowest BCUT2D eigenvalue weighted by atomic mass is 9.86. The molecular formula is C15H22N2O. The maximum Gasteiger partial charge on any atom is 0.0799 e. The van der Waals surface area contributed by atoms with Crippen molar-refractivity contribution in [3.8, 4) is 0 Å². The van der Waals surface area contributed by atoms with Gasteiger partial charge >= 0.3 is 0 Å². The highest BCUT2D eigenvalue weighted by Crippen LogP contribution is 2.41. The molecule has 2 aliphatic heterocycles. The zero-order chi connectivity index (χ0) is 12.6. The summed E-state index contributed by atoms with van der Waals surface area (Å²) in [7, 11) is 0. The molecule has 3 heteroatoms. The highest BCUT2D eigenvalue weighted by atomic mass is 16.3. The molecule has 0 aliphatic carbocycles. The lowest BCUT2D eigenvalue weighted by Crippen LogP contribution is -2.53. The summed E-state index contributed by atoms with van der Waals surface area (Å²) in [5.74, 6) is 0. The molecule has 2 fully saturated rings. The standard InChI is InChI=1S/C15H22N2O/c16-11-15(18)8-13-6-7-14(9-15)17(13)10-12-4-2-1-3-5-12/h1-5,13-14,18H,6-11,16H2/t13-,14+,15?. The fourth-order valence-corrected chi connectivity index (χ4v) is 3.63. The van der Waals surface area contributed by atoms with Crippen molar-refractivity contribution in [1.29, 1.82) is 0 Å². The van der Waals surface area contributed by atoms with E-state index in [9.17, 15) is 5.11 Å². The molecule has 0 saturated carbocycles. The molecule has 3 atom stereocenters. The van der Waals surface area contributed by atoms with Gasteiger partial charge in [-0.15, -0.1) is 0 Å². The number of aliphatic hydroxyl groups is 1. The summed E-state index contributed by atoms with van der Waals surface area (Å²) >= 11 is 0. The largest absolute Gasteiger partial charge is 0.388 e.